The number of nitrogens with zero attached hydrogens (tertiary/aromatic N) is 1. The van der Waals surface area contributed by atoms with Gasteiger partial charge in [0, 0.05) is 36.0 Å². The second kappa shape index (κ2) is 6.73. The molecule has 2 aliphatic heterocycles. The summed E-state index contributed by atoms with van der Waals surface area (Å²) in [5.41, 5.74) is 1.20. The summed E-state index contributed by atoms with van der Waals surface area (Å²) in [6.45, 7) is 5.16. The summed E-state index contributed by atoms with van der Waals surface area (Å²) in [5, 5.41) is 2.59. The van der Waals surface area contributed by atoms with Crippen molar-refractivity contribution in [2.24, 2.45) is 11.3 Å². The van der Waals surface area contributed by atoms with Crippen LogP contribution >= 0.6 is 0 Å². The molecule has 4 nitrogen and oxygen atoms in total. The summed E-state index contributed by atoms with van der Waals surface area (Å²) < 4.78 is 29.5. The summed E-state index contributed by atoms with van der Waals surface area (Å²) in [6, 6.07) is 2.70. The Kier molecular flexibility index (Phi) is 4.52. The van der Waals surface area contributed by atoms with Gasteiger partial charge in [0.25, 0.3) is 0 Å². The number of hydrogen-bond donors (Lipinski definition) is 1. The molecule has 1 N–H and O–H groups in total. The van der Waals surface area contributed by atoms with Crippen LogP contribution in [0.2, 0.25) is 0 Å². The normalized spacial score (nSPS) is 25.3. The number of carbonyl (C=O) groups excluding carboxylic acids is 2. The topological polar surface area (TPSA) is 49.4 Å². The Morgan fingerprint density at radius 3 is 2.37 bits per heavy atom. The third kappa shape index (κ3) is 3.26. The second-order valence-corrected chi connectivity index (χ2v) is 8.30. The average molecular weight is 374 g/mol. The van der Waals surface area contributed by atoms with E-state index in [9.17, 15) is 18.4 Å². The van der Waals surface area contributed by atoms with Crippen molar-refractivity contribution >= 4 is 17.9 Å². The number of amides is 1. The van der Waals surface area contributed by atoms with Gasteiger partial charge in [-0.3, -0.25) is 4.79 Å². The summed E-state index contributed by atoms with van der Waals surface area (Å²) >= 11 is 0. The van der Waals surface area contributed by atoms with Crippen LogP contribution < -0.4 is 10.2 Å². The van der Waals surface area contributed by atoms with Crippen molar-refractivity contribution in [1.82, 2.24) is 5.32 Å². The van der Waals surface area contributed by atoms with Crippen LogP contribution in [-0.4, -0.2) is 25.3 Å². The lowest BCUT2D eigenvalue weighted by atomic mass is 9.58. The maximum Gasteiger partial charge on any atom is 0.231 e. The van der Waals surface area contributed by atoms with Crippen LogP contribution in [0, 0.1) is 23.0 Å². The van der Waals surface area contributed by atoms with Crippen LogP contribution in [0.15, 0.2) is 24.4 Å². The van der Waals surface area contributed by atoms with Crippen molar-refractivity contribution in [3.63, 3.8) is 0 Å². The SMILES string of the molecule is C=C1CCC(c2c(F)cc(N3CCC4(CC3)CC(C=O)C4)cc2F)C(=O)N1. The van der Waals surface area contributed by atoms with Gasteiger partial charge in [0.15, 0.2) is 0 Å². The minimum Gasteiger partial charge on any atom is -0.371 e. The van der Waals surface area contributed by atoms with Crippen LogP contribution in [0.25, 0.3) is 0 Å². The molecule has 1 unspecified atom stereocenters. The first-order chi connectivity index (χ1) is 12.9. The van der Waals surface area contributed by atoms with Crippen molar-refractivity contribution in [3.05, 3.63) is 41.6 Å². The largest absolute Gasteiger partial charge is 0.371 e. The van der Waals surface area contributed by atoms with E-state index in [0.29, 0.717) is 24.2 Å². The fraction of sp³-hybridized carbons (Fsp3) is 0.524. The minimum absolute atomic E-state index is 0.148. The van der Waals surface area contributed by atoms with Crippen LogP contribution in [0.3, 0.4) is 0 Å². The molecule has 1 amide bonds. The van der Waals surface area contributed by atoms with E-state index in [1.54, 1.807) is 0 Å². The third-order valence-electron chi connectivity index (χ3n) is 6.54. The van der Waals surface area contributed by atoms with Gasteiger partial charge in [0.05, 0.1) is 5.92 Å². The van der Waals surface area contributed by atoms with E-state index in [2.05, 4.69) is 11.9 Å². The second-order valence-electron chi connectivity index (χ2n) is 8.30. The predicted octanol–water partition coefficient (Wildman–Crippen LogP) is 3.67. The molecular weight excluding hydrogens is 350 g/mol. The molecule has 0 radical (unpaired) electrons. The third-order valence-corrected chi connectivity index (χ3v) is 6.54. The Morgan fingerprint density at radius 2 is 1.81 bits per heavy atom. The molecule has 1 aromatic rings. The fourth-order valence-electron chi connectivity index (χ4n) is 4.93. The number of hydrogen-bond acceptors (Lipinski definition) is 3. The predicted molar refractivity (Wildman–Crippen MR) is 98.3 cm³/mol. The standard InChI is InChI=1S/C21H24F2N2O2/c1-13-2-3-16(20(27)24-13)19-17(22)8-15(9-18(19)23)25-6-4-21(5-7-25)10-14(11-21)12-26/h8-9,12,14,16H,1-7,10-11H2,(H,24,27). The number of benzene rings is 1. The highest BCUT2D eigenvalue weighted by Gasteiger charge is 2.45. The molecule has 1 spiro atoms. The first-order valence-electron chi connectivity index (χ1n) is 9.59. The first kappa shape index (κ1) is 18.1. The van der Waals surface area contributed by atoms with Gasteiger partial charge in [-0.15, -0.1) is 0 Å². The highest BCUT2D eigenvalue weighted by Crippen LogP contribution is 2.52. The van der Waals surface area contributed by atoms with Gasteiger partial charge in [0.2, 0.25) is 5.91 Å². The molecule has 1 atom stereocenters. The van der Waals surface area contributed by atoms with Gasteiger partial charge in [-0.05, 0) is 56.1 Å². The Labute approximate surface area is 157 Å². The molecule has 2 saturated heterocycles. The maximum atomic E-state index is 14.7. The lowest BCUT2D eigenvalue weighted by Crippen LogP contribution is -2.47. The summed E-state index contributed by atoms with van der Waals surface area (Å²) in [7, 11) is 0. The summed E-state index contributed by atoms with van der Waals surface area (Å²) in [5.74, 6) is -2.36. The molecule has 4 rings (SSSR count). The van der Waals surface area contributed by atoms with Gasteiger partial charge in [-0.2, -0.15) is 0 Å². The molecule has 1 saturated carbocycles. The zero-order valence-electron chi connectivity index (χ0n) is 15.3. The Hall–Kier alpha value is -2.24. The Bertz CT molecular complexity index is 768. The molecule has 2 heterocycles. The van der Waals surface area contributed by atoms with Crippen LogP contribution in [-0.2, 0) is 9.59 Å². The van der Waals surface area contributed by atoms with Crippen LogP contribution in [0.1, 0.15) is 50.0 Å². The van der Waals surface area contributed by atoms with Crippen molar-refractivity contribution in [1.29, 1.82) is 0 Å². The molecular formula is C21H24F2N2O2. The number of rotatable bonds is 3. The zero-order chi connectivity index (χ0) is 19.2. The van der Waals surface area contributed by atoms with Gasteiger partial charge >= 0.3 is 0 Å². The smallest absolute Gasteiger partial charge is 0.231 e. The van der Waals surface area contributed by atoms with Crippen molar-refractivity contribution in [3.8, 4) is 0 Å². The van der Waals surface area contributed by atoms with E-state index < -0.39 is 23.5 Å². The number of piperidine rings is 2. The summed E-state index contributed by atoms with van der Waals surface area (Å²) in [4.78, 5) is 25.0. The molecule has 0 bridgehead atoms. The van der Waals surface area contributed by atoms with E-state index >= 15 is 0 Å². The minimum atomic E-state index is -0.815. The van der Waals surface area contributed by atoms with Crippen molar-refractivity contribution in [2.75, 3.05) is 18.0 Å². The average Bonchev–Trinajstić information content (AvgIpc) is 2.61. The molecule has 1 aromatic carbocycles. The quantitative estimate of drug-likeness (QED) is 0.822. The monoisotopic (exact) mass is 374 g/mol. The Morgan fingerprint density at radius 1 is 1.19 bits per heavy atom. The van der Waals surface area contributed by atoms with Gasteiger partial charge in [0.1, 0.15) is 17.9 Å². The van der Waals surface area contributed by atoms with E-state index in [1.807, 2.05) is 4.90 Å². The lowest BCUT2D eigenvalue weighted by Gasteiger charge is -2.51. The fourth-order valence-corrected chi connectivity index (χ4v) is 4.93. The number of nitrogens with one attached hydrogen (secondary N) is 1. The maximum absolute atomic E-state index is 14.7. The zero-order valence-corrected chi connectivity index (χ0v) is 15.3. The molecule has 144 valence electrons. The number of anilines is 1. The molecule has 3 aliphatic rings. The Balaban J connectivity index is 1.49. The molecule has 3 fully saturated rings. The molecule has 0 aromatic heterocycles. The van der Waals surface area contributed by atoms with E-state index in [-0.39, 0.29) is 16.9 Å². The van der Waals surface area contributed by atoms with Gasteiger partial charge in [-0.1, -0.05) is 6.58 Å². The summed E-state index contributed by atoms with van der Waals surface area (Å²) in [6.07, 6.45) is 5.68. The van der Waals surface area contributed by atoms with Crippen molar-refractivity contribution in [2.45, 2.75) is 44.4 Å². The van der Waals surface area contributed by atoms with Crippen LogP contribution in [0.4, 0.5) is 14.5 Å². The highest BCUT2D eigenvalue weighted by molar-refractivity contribution is 5.86. The number of allylic oxidation sites excluding steroid dienone is 1. The number of carbonyl (C=O) groups is 2. The van der Waals surface area contributed by atoms with Gasteiger partial charge in [-0.25, -0.2) is 8.78 Å². The molecule has 6 heteroatoms. The number of aldehydes is 1. The molecule has 27 heavy (non-hydrogen) atoms. The molecule has 1 aliphatic carbocycles. The van der Waals surface area contributed by atoms with E-state index in [4.69, 9.17) is 0 Å². The van der Waals surface area contributed by atoms with Crippen LogP contribution in [0.5, 0.6) is 0 Å². The lowest BCUT2D eigenvalue weighted by molar-refractivity contribution is -0.123. The van der Waals surface area contributed by atoms with Gasteiger partial charge < -0.3 is 15.0 Å². The van der Waals surface area contributed by atoms with E-state index in [1.165, 1.54) is 12.1 Å². The number of halogens is 2. The highest BCUT2D eigenvalue weighted by atomic mass is 19.1. The first-order valence-corrected chi connectivity index (χ1v) is 9.59. The van der Waals surface area contributed by atoms with E-state index in [0.717, 1.165) is 45.1 Å². The van der Waals surface area contributed by atoms with Crippen molar-refractivity contribution < 1.29 is 18.4 Å².